The molecule has 146 valence electrons. The molecule has 0 spiro atoms. The van der Waals surface area contributed by atoms with Crippen LogP contribution in [0.3, 0.4) is 0 Å². The van der Waals surface area contributed by atoms with E-state index in [4.69, 9.17) is 55.9 Å². The van der Waals surface area contributed by atoms with Gasteiger partial charge in [0, 0.05) is 0 Å². The molecule has 3 aromatic carbocycles. The van der Waals surface area contributed by atoms with E-state index in [0.29, 0.717) is 11.1 Å². The van der Waals surface area contributed by atoms with Crippen LogP contribution in [0.4, 0.5) is 0 Å². The van der Waals surface area contributed by atoms with Crippen molar-refractivity contribution >= 4 is 46.4 Å². The fourth-order valence-corrected chi connectivity index (χ4v) is 3.83. The van der Waals surface area contributed by atoms with E-state index < -0.39 is 8.67 Å². The number of ether oxygens (including phenoxy) is 2. The van der Waals surface area contributed by atoms with Crippen LogP contribution in [0.25, 0.3) is 0 Å². The van der Waals surface area contributed by atoms with Crippen molar-refractivity contribution in [2.75, 3.05) is 14.2 Å². The third-order valence-corrected chi connectivity index (χ3v) is 6.26. The molecule has 0 fully saturated rings. The van der Waals surface area contributed by atoms with Crippen LogP contribution in [-0.2, 0) is 8.67 Å². The Bertz CT molecular complexity index is 840. The molecule has 0 aliphatic rings. The Morgan fingerprint density at radius 3 is 0.893 bits per heavy atom. The van der Waals surface area contributed by atoms with Crippen molar-refractivity contribution in [2.24, 2.45) is 0 Å². The molecule has 0 unspecified atom stereocenters. The Morgan fingerprint density at radius 2 is 0.679 bits per heavy atom. The van der Waals surface area contributed by atoms with Crippen LogP contribution in [-0.4, -0.2) is 14.2 Å². The second-order valence-corrected chi connectivity index (χ2v) is 8.84. The molecule has 3 rings (SSSR count). The molecule has 0 saturated heterocycles. The normalized spacial score (nSPS) is 11.9. The number of alkyl halides is 4. The molecule has 0 aliphatic heterocycles. The van der Waals surface area contributed by atoms with Crippen LogP contribution in [0.5, 0.6) is 11.5 Å². The second kappa shape index (κ2) is 8.42. The molecular weight excluding hydrogens is 438 g/mol. The van der Waals surface area contributed by atoms with Gasteiger partial charge in [-0.1, -0.05) is 94.9 Å². The zero-order valence-electron chi connectivity index (χ0n) is 15.3. The molecule has 28 heavy (non-hydrogen) atoms. The fourth-order valence-electron chi connectivity index (χ4n) is 2.82. The molecule has 3 aromatic rings. The predicted octanol–water partition coefficient (Wildman–Crippen LogP) is 7.06. The second-order valence-electron chi connectivity index (χ2n) is 6.18. The highest BCUT2D eigenvalue weighted by molar-refractivity contribution is 6.50. The summed E-state index contributed by atoms with van der Waals surface area (Å²) in [7, 11) is 3.21. The van der Waals surface area contributed by atoms with E-state index in [1.54, 1.807) is 14.2 Å². The summed E-state index contributed by atoms with van der Waals surface area (Å²) >= 11 is 26.6. The minimum absolute atomic E-state index is 0.712. The Kier molecular flexibility index (Phi) is 6.36. The molecular formula is C22H18Cl4O2. The first-order valence-corrected chi connectivity index (χ1v) is 9.96. The maximum atomic E-state index is 6.64. The van der Waals surface area contributed by atoms with Gasteiger partial charge < -0.3 is 9.47 Å². The summed E-state index contributed by atoms with van der Waals surface area (Å²) in [5, 5.41) is 0. The summed E-state index contributed by atoms with van der Waals surface area (Å²) in [4.78, 5) is 0. The molecule has 2 nitrogen and oxygen atoms in total. The lowest BCUT2D eigenvalue weighted by Gasteiger charge is -2.24. The zero-order valence-corrected chi connectivity index (χ0v) is 18.3. The van der Waals surface area contributed by atoms with Gasteiger partial charge in [-0.25, -0.2) is 0 Å². The smallest absolute Gasteiger partial charge is 0.168 e. The molecule has 0 atom stereocenters. The Labute approximate surface area is 184 Å². The number of hydrogen-bond donors (Lipinski definition) is 0. The maximum Gasteiger partial charge on any atom is 0.168 e. The van der Waals surface area contributed by atoms with Gasteiger partial charge in [-0.3, -0.25) is 0 Å². The maximum absolute atomic E-state index is 6.64. The molecule has 0 N–H and O–H groups in total. The first kappa shape index (κ1) is 21.1. The van der Waals surface area contributed by atoms with Gasteiger partial charge in [0.15, 0.2) is 8.67 Å². The van der Waals surface area contributed by atoms with E-state index in [1.807, 2.05) is 72.8 Å². The highest BCUT2D eigenvalue weighted by Crippen LogP contribution is 2.44. The van der Waals surface area contributed by atoms with E-state index in [2.05, 4.69) is 0 Å². The van der Waals surface area contributed by atoms with Crippen molar-refractivity contribution in [1.82, 2.24) is 0 Å². The highest BCUT2D eigenvalue weighted by atomic mass is 35.5. The number of methoxy groups -OCH3 is 2. The molecule has 0 saturated carbocycles. The summed E-state index contributed by atoms with van der Waals surface area (Å²) in [6.45, 7) is 0. The van der Waals surface area contributed by atoms with Crippen molar-refractivity contribution in [1.29, 1.82) is 0 Å². The SMILES string of the molecule is COc1ccc(C(Cl)(Cl)c2ccc(C(Cl)(Cl)c3ccc(OC)cc3)cc2)cc1. The van der Waals surface area contributed by atoms with Gasteiger partial charge in [-0.15, -0.1) is 0 Å². The lowest BCUT2D eigenvalue weighted by molar-refractivity contribution is 0.414. The lowest BCUT2D eigenvalue weighted by Crippen LogP contribution is -2.15. The Balaban J connectivity index is 1.88. The minimum atomic E-state index is -1.22. The van der Waals surface area contributed by atoms with Crippen molar-refractivity contribution < 1.29 is 9.47 Å². The van der Waals surface area contributed by atoms with Crippen LogP contribution in [0, 0.1) is 0 Å². The van der Waals surface area contributed by atoms with Crippen LogP contribution < -0.4 is 9.47 Å². The van der Waals surface area contributed by atoms with E-state index in [1.165, 1.54) is 0 Å². The van der Waals surface area contributed by atoms with Crippen molar-refractivity contribution in [3.8, 4) is 11.5 Å². The van der Waals surface area contributed by atoms with Crippen LogP contribution in [0.1, 0.15) is 22.3 Å². The first-order valence-electron chi connectivity index (χ1n) is 8.44. The summed E-state index contributed by atoms with van der Waals surface area (Å²) in [6, 6.07) is 21.9. The summed E-state index contributed by atoms with van der Waals surface area (Å²) in [5.74, 6) is 1.47. The van der Waals surface area contributed by atoms with Gasteiger partial charge in [-0.2, -0.15) is 0 Å². The van der Waals surface area contributed by atoms with Gasteiger partial charge in [0.2, 0.25) is 0 Å². The number of rotatable bonds is 6. The highest BCUT2D eigenvalue weighted by Gasteiger charge is 2.32. The molecule has 0 aromatic heterocycles. The van der Waals surface area contributed by atoms with Gasteiger partial charge in [0.25, 0.3) is 0 Å². The van der Waals surface area contributed by atoms with Crippen molar-refractivity contribution in [2.45, 2.75) is 8.67 Å². The van der Waals surface area contributed by atoms with Crippen molar-refractivity contribution in [3.63, 3.8) is 0 Å². The number of benzene rings is 3. The largest absolute Gasteiger partial charge is 0.497 e. The predicted molar refractivity (Wildman–Crippen MR) is 117 cm³/mol. The molecule has 0 bridgehead atoms. The molecule has 0 aliphatic carbocycles. The van der Waals surface area contributed by atoms with Crippen LogP contribution in [0.15, 0.2) is 72.8 Å². The average molecular weight is 456 g/mol. The third-order valence-electron chi connectivity index (χ3n) is 4.52. The van der Waals surface area contributed by atoms with Gasteiger partial charge in [0.05, 0.1) is 14.2 Å². The van der Waals surface area contributed by atoms with Gasteiger partial charge >= 0.3 is 0 Å². The number of hydrogen-bond acceptors (Lipinski definition) is 2. The quantitative estimate of drug-likeness (QED) is 0.370. The summed E-state index contributed by atoms with van der Waals surface area (Å²) in [5.41, 5.74) is 2.90. The summed E-state index contributed by atoms with van der Waals surface area (Å²) < 4.78 is 7.92. The van der Waals surface area contributed by atoms with E-state index in [0.717, 1.165) is 22.6 Å². The summed E-state index contributed by atoms with van der Waals surface area (Å²) in [6.07, 6.45) is 0. The minimum Gasteiger partial charge on any atom is -0.497 e. The topological polar surface area (TPSA) is 18.5 Å². The van der Waals surface area contributed by atoms with Crippen LogP contribution >= 0.6 is 46.4 Å². The molecule has 0 radical (unpaired) electrons. The first-order chi connectivity index (χ1) is 13.3. The Hall–Kier alpha value is -1.58. The van der Waals surface area contributed by atoms with E-state index >= 15 is 0 Å². The molecule has 0 amide bonds. The standard InChI is InChI=1S/C22H18Cl4O2/c1-27-19-11-7-17(8-12-19)21(23,24)15-3-5-16(6-4-15)22(25,26)18-9-13-20(28-2)14-10-18/h3-14H,1-2H3. The van der Waals surface area contributed by atoms with Crippen molar-refractivity contribution in [3.05, 3.63) is 95.1 Å². The van der Waals surface area contributed by atoms with Gasteiger partial charge in [0.1, 0.15) is 11.5 Å². The third kappa shape index (κ3) is 4.21. The monoisotopic (exact) mass is 454 g/mol. The average Bonchev–Trinajstić information content (AvgIpc) is 2.74. The van der Waals surface area contributed by atoms with E-state index in [-0.39, 0.29) is 0 Å². The lowest BCUT2D eigenvalue weighted by atomic mass is 9.98. The zero-order chi connectivity index (χ0) is 20.4. The number of halogens is 4. The van der Waals surface area contributed by atoms with E-state index in [9.17, 15) is 0 Å². The molecule has 0 heterocycles. The fraction of sp³-hybridized carbons (Fsp3) is 0.182. The van der Waals surface area contributed by atoms with Gasteiger partial charge in [-0.05, 0) is 46.5 Å². The van der Waals surface area contributed by atoms with Crippen LogP contribution in [0.2, 0.25) is 0 Å². The Morgan fingerprint density at radius 1 is 0.464 bits per heavy atom. The molecule has 6 heteroatoms.